The van der Waals surface area contributed by atoms with E-state index in [1.165, 1.54) is 11.3 Å². The van der Waals surface area contributed by atoms with Crippen LogP contribution in [0.1, 0.15) is 23.7 Å². The first-order chi connectivity index (χ1) is 8.52. The second-order valence-corrected chi connectivity index (χ2v) is 7.04. The summed E-state index contributed by atoms with van der Waals surface area (Å²) in [6.45, 7) is 4.28. The summed E-state index contributed by atoms with van der Waals surface area (Å²) >= 11 is 13.1. The van der Waals surface area contributed by atoms with Crippen molar-refractivity contribution >= 4 is 40.4 Å². The van der Waals surface area contributed by atoms with E-state index in [4.69, 9.17) is 28.9 Å². The predicted molar refractivity (Wildman–Crippen MR) is 76.6 cm³/mol. The van der Waals surface area contributed by atoms with Crippen LogP contribution in [0.4, 0.5) is 0 Å². The molecule has 0 aromatic carbocycles. The van der Waals surface area contributed by atoms with Crippen LogP contribution in [0.2, 0.25) is 8.67 Å². The molecule has 2 unspecified atom stereocenters. The molecule has 2 heterocycles. The van der Waals surface area contributed by atoms with Crippen LogP contribution in [0.5, 0.6) is 0 Å². The molecule has 1 saturated heterocycles. The average molecular weight is 307 g/mol. The van der Waals surface area contributed by atoms with Crippen molar-refractivity contribution in [1.82, 2.24) is 4.90 Å². The number of carbonyl (C=O) groups excluding carboxylic acids is 1. The highest BCUT2D eigenvalue weighted by atomic mass is 35.5. The highest BCUT2D eigenvalue weighted by Crippen LogP contribution is 2.33. The molecule has 0 saturated carbocycles. The molecular weight excluding hydrogens is 291 g/mol. The van der Waals surface area contributed by atoms with E-state index >= 15 is 0 Å². The average Bonchev–Trinajstić information content (AvgIpc) is 2.68. The third-order valence-electron chi connectivity index (χ3n) is 3.59. The monoisotopic (exact) mass is 306 g/mol. The topological polar surface area (TPSA) is 46.3 Å². The lowest BCUT2D eigenvalue weighted by Gasteiger charge is -2.36. The Hall–Kier alpha value is -0.290. The summed E-state index contributed by atoms with van der Waals surface area (Å²) in [5.41, 5.74) is 6.26. The van der Waals surface area contributed by atoms with Gasteiger partial charge in [0.2, 0.25) is 0 Å². The lowest BCUT2D eigenvalue weighted by atomic mass is 9.87. The van der Waals surface area contributed by atoms with Crippen molar-refractivity contribution in [2.75, 3.05) is 19.6 Å². The number of halogens is 2. The van der Waals surface area contributed by atoms with Crippen LogP contribution in [-0.2, 0) is 0 Å². The van der Waals surface area contributed by atoms with E-state index in [2.05, 4.69) is 6.92 Å². The highest BCUT2D eigenvalue weighted by molar-refractivity contribution is 7.20. The van der Waals surface area contributed by atoms with E-state index in [-0.39, 0.29) is 5.91 Å². The molecule has 1 amide bonds. The molecule has 2 N–H and O–H groups in total. The lowest BCUT2D eigenvalue weighted by Crippen LogP contribution is -2.45. The molecule has 1 aromatic heterocycles. The second-order valence-electron chi connectivity index (χ2n) is 4.75. The zero-order valence-electron chi connectivity index (χ0n) is 10.2. The number of carbonyl (C=O) groups is 1. The molecule has 1 aromatic rings. The van der Waals surface area contributed by atoms with Crippen LogP contribution in [-0.4, -0.2) is 30.4 Å². The third-order valence-corrected chi connectivity index (χ3v) is 5.08. The van der Waals surface area contributed by atoms with Gasteiger partial charge in [-0.25, -0.2) is 0 Å². The fourth-order valence-electron chi connectivity index (χ4n) is 2.30. The van der Waals surface area contributed by atoms with Crippen LogP contribution in [0.25, 0.3) is 0 Å². The summed E-state index contributed by atoms with van der Waals surface area (Å²) in [4.78, 5) is 14.2. The van der Waals surface area contributed by atoms with E-state index in [0.29, 0.717) is 39.2 Å². The highest BCUT2D eigenvalue weighted by Gasteiger charge is 2.29. The number of nitrogens with zero attached hydrogens (tertiary/aromatic N) is 1. The first-order valence-corrected chi connectivity index (χ1v) is 7.54. The standard InChI is InChI=1S/C12H16Cl2N2OS/c1-7-2-3-16(6-8(7)5-15)12(17)9-4-10(13)18-11(9)14/h4,7-8H,2-3,5-6,15H2,1H3. The lowest BCUT2D eigenvalue weighted by molar-refractivity contribution is 0.0619. The van der Waals surface area contributed by atoms with Crippen molar-refractivity contribution in [1.29, 1.82) is 0 Å². The Balaban J connectivity index is 2.12. The maximum Gasteiger partial charge on any atom is 0.256 e. The van der Waals surface area contributed by atoms with Gasteiger partial charge < -0.3 is 10.6 Å². The molecule has 1 fully saturated rings. The Morgan fingerprint density at radius 1 is 1.61 bits per heavy atom. The van der Waals surface area contributed by atoms with E-state index in [1.807, 2.05) is 4.90 Å². The summed E-state index contributed by atoms with van der Waals surface area (Å²) in [7, 11) is 0. The summed E-state index contributed by atoms with van der Waals surface area (Å²) < 4.78 is 1.01. The van der Waals surface area contributed by atoms with Crippen molar-refractivity contribution in [3.63, 3.8) is 0 Å². The van der Waals surface area contributed by atoms with Gasteiger partial charge >= 0.3 is 0 Å². The van der Waals surface area contributed by atoms with Crippen LogP contribution < -0.4 is 5.73 Å². The maximum atomic E-state index is 12.4. The van der Waals surface area contributed by atoms with Gasteiger partial charge in [0.1, 0.15) is 4.34 Å². The SMILES string of the molecule is CC1CCN(C(=O)c2cc(Cl)sc2Cl)CC1CN. The summed E-state index contributed by atoms with van der Waals surface area (Å²) in [5, 5.41) is 0. The van der Waals surface area contributed by atoms with Gasteiger partial charge in [-0.15, -0.1) is 11.3 Å². The molecular formula is C12H16Cl2N2OS. The molecule has 0 radical (unpaired) electrons. The number of piperidine rings is 1. The van der Waals surface area contributed by atoms with Gasteiger partial charge in [0.25, 0.3) is 5.91 Å². The number of likely N-dealkylation sites (tertiary alicyclic amines) is 1. The fraction of sp³-hybridized carbons (Fsp3) is 0.583. The van der Waals surface area contributed by atoms with Crippen molar-refractivity contribution in [2.24, 2.45) is 17.6 Å². The van der Waals surface area contributed by atoms with Gasteiger partial charge in [-0.2, -0.15) is 0 Å². The minimum Gasteiger partial charge on any atom is -0.338 e. The third kappa shape index (κ3) is 2.82. The van der Waals surface area contributed by atoms with Crippen LogP contribution in [0, 0.1) is 11.8 Å². The zero-order chi connectivity index (χ0) is 13.3. The molecule has 2 rings (SSSR count). The first-order valence-electron chi connectivity index (χ1n) is 5.97. The van der Waals surface area contributed by atoms with E-state index in [0.717, 1.165) is 13.0 Å². The molecule has 0 aliphatic carbocycles. The molecule has 6 heteroatoms. The molecule has 1 aliphatic heterocycles. The van der Waals surface area contributed by atoms with Crippen molar-refractivity contribution < 1.29 is 4.79 Å². The van der Waals surface area contributed by atoms with Gasteiger partial charge in [-0.3, -0.25) is 4.79 Å². The molecule has 0 bridgehead atoms. The van der Waals surface area contributed by atoms with Gasteiger partial charge in [-0.05, 0) is 30.9 Å². The van der Waals surface area contributed by atoms with Gasteiger partial charge in [0.05, 0.1) is 9.90 Å². The Morgan fingerprint density at radius 2 is 2.33 bits per heavy atom. The molecule has 3 nitrogen and oxygen atoms in total. The van der Waals surface area contributed by atoms with Crippen molar-refractivity contribution in [3.05, 3.63) is 20.3 Å². The number of thiophene rings is 1. The fourth-order valence-corrected chi connectivity index (χ4v) is 3.75. The van der Waals surface area contributed by atoms with Crippen LogP contribution in [0.3, 0.4) is 0 Å². The maximum absolute atomic E-state index is 12.4. The number of hydrogen-bond acceptors (Lipinski definition) is 3. The van der Waals surface area contributed by atoms with E-state index in [9.17, 15) is 4.79 Å². The minimum atomic E-state index is -0.0338. The summed E-state index contributed by atoms with van der Waals surface area (Å²) in [6.07, 6.45) is 0.989. The number of nitrogens with two attached hydrogens (primary N) is 1. The smallest absolute Gasteiger partial charge is 0.256 e. The summed E-state index contributed by atoms with van der Waals surface area (Å²) in [6, 6.07) is 1.65. The number of amides is 1. The largest absolute Gasteiger partial charge is 0.338 e. The minimum absolute atomic E-state index is 0.0338. The van der Waals surface area contributed by atoms with Crippen molar-refractivity contribution in [2.45, 2.75) is 13.3 Å². The second kappa shape index (κ2) is 5.78. The quantitative estimate of drug-likeness (QED) is 0.912. The normalized spacial score (nSPS) is 24.3. The summed E-state index contributed by atoms with van der Waals surface area (Å²) in [5.74, 6) is 0.907. The molecule has 1 aliphatic rings. The molecule has 100 valence electrons. The van der Waals surface area contributed by atoms with Crippen molar-refractivity contribution in [3.8, 4) is 0 Å². The van der Waals surface area contributed by atoms with E-state index in [1.54, 1.807) is 6.07 Å². The number of hydrogen-bond donors (Lipinski definition) is 1. The number of rotatable bonds is 2. The Morgan fingerprint density at radius 3 is 2.89 bits per heavy atom. The van der Waals surface area contributed by atoms with E-state index < -0.39 is 0 Å². The predicted octanol–water partition coefficient (Wildman–Crippen LogP) is 3.11. The Bertz CT molecular complexity index is 449. The van der Waals surface area contributed by atoms with Crippen LogP contribution in [0.15, 0.2) is 6.07 Å². The van der Waals surface area contributed by atoms with Crippen LogP contribution >= 0.6 is 34.5 Å². The zero-order valence-corrected chi connectivity index (χ0v) is 12.5. The molecule has 18 heavy (non-hydrogen) atoms. The first kappa shape index (κ1) is 14.1. The molecule has 2 atom stereocenters. The van der Waals surface area contributed by atoms with Gasteiger partial charge in [0.15, 0.2) is 0 Å². The van der Waals surface area contributed by atoms with Gasteiger partial charge in [-0.1, -0.05) is 30.1 Å². The Kier molecular flexibility index (Phi) is 4.54. The molecule has 0 spiro atoms. The Labute approximate surface area is 121 Å². The van der Waals surface area contributed by atoms with Gasteiger partial charge in [0, 0.05) is 13.1 Å².